The first-order valence-electron chi connectivity index (χ1n) is 7.24. The summed E-state index contributed by atoms with van der Waals surface area (Å²) < 4.78 is 6.50. The molecule has 0 aromatic heterocycles. The first-order chi connectivity index (χ1) is 10.2. The van der Waals surface area contributed by atoms with Crippen LogP contribution in [0.25, 0.3) is 0 Å². The average molecular weight is 356 g/mol. The predicted octanol–water partition coefficient (Wildman–Crippen LogP) is 1.29. The molecule has 1 saturated heterocycles. The third-order valence-corrected chi connectivity index (χ3v) is 4.17. The van der Waals surface area contributed by atoms with E-state index in [1.165, 1.54) is 0 Å². The van der Waals surface area contributed by atoms with Gasteiger partial charge in [0.2, 0.25) is 5.91 Å². The Morgan fingerprint density at radius 2 is 2.43 bits per heavy atom. The van der Waals surface area contributed by atoms with Crippen LogP contribution in [0.15, 0.2) is 28.7 Å². The van der Waals surface area contributed by atoms with Gasteiger partial charge in [-0.05, 0) is 24.6 Å². The molecule has 0 saturated carbocycles. The van der Waals surface area contributed by atoms with Gasteiger partial charge in [0.15, 0.2) is 0 Å². The van der Waals surface area contributed by atoms with Gasteiger partial charge in [-0.1, -0.05) is 28.1 Å². The third-order valence-electron chi connectivity index (χ3n) is 3.68. The number of carbonyl (C=O) groups is 1. The summed E-state index contributed by atoms with van der Waals surface area (Å²) >= 11 is 3.49. The Labute approximate surface area is 134 Å². The molecule has 1 aliphatic rings. The molecule has 1 aromatic carbocycles. The van der Waals surface area contributed by atoms with Crippen molar-refractivity contribution in [3.05, 3.63) is 34.3 Å². The lowest BCUT2D eigenvalue weighted by atomic mass is 10.0. The highest BCUT2D eigenvalue weighted by Gasteiger charge is 2.34. The minimum absolute atomic E-state index is 0.00523. The average Bonchev–Trinajstić information content (AvgIpc) is 2.49. The van der Waals surface area contributed by atoms with E-state index < -0.39 is 0 Å². The van der Waals surface area contributed by atoms with E-state index in [4.69, 9.17) is 10.5 Å². The highest BCUT2D eigenvalue weighted by atomic mass is 79.9. The van der Waals surface area contributed by atoms with Gasteiger partial charge >= 0.3 is 0 Å². The van der Waals surface area contributed by atoms with Crippen LogP contribution in [0.1, 0.15) is 18.5 Å². The minimum Gasteiger partial charge on any atom is -0.378 e. The molecule has 0 aliphatic carbocycles. The molecule has 2 unspecified atom stereocenters. The van der Waals surface area contributed by atoms with E-state index in [0.29, 0.717) is 32.8 Å². The second-order valence-electron chi connectivity index (χ2n) is 5.03. The lowest BCUT2D eigenvalue weighted by Gasteiger charge is -2.39. The number of carbonyl (C=O) groups excluding carboxylic acids is 1. The smallest absolute Gasteiger partial charge is 0.239 e. The van der Waals surface area contributed by atoms with E-state index in [2.05, 4.69) is 32.2 Å². The molecular weight excluding hydrogens is 334 g/mol. The fraction of sp³-hybridized carbons (Fsp3) is 0.533. The zero-order chi connectivity index (χ0) is 15.2. The number of nitrogens with zero attached hydrogens (tertiary/aromatic N) is 1. The van der Waals surface area contributed by atoms with Crippen molar-refractivity contribution in [3.63, 3.8) is 0 Å². The van der Waals surface area contributed by atoms with Crippen molar-refractivity contribution in [3.8, 4) is 0 Å². The lowest BCUT2D eigenvalue weighted by molar-refractivity contribution is -0.134. The molecule has 6 heteroatoms. The Morgan fingerprint density at radius 3 is 3.10 bits per heavy atom. The standard InChI is InChI=1S/C15H22BrN3O2/c1-2-18-15(20)14-10-21-7-6-19(14)13(9-17)11-4-3-5-12(16)8-11/h3-5,8,13-14H,2,6-7,9-10,17H2,1H3,(H,18,20). The lowest BCUT2D eigenvalue weighted by Crippen LogP contribution is -2.55. The third kappa shape index (κ3) is 4.03. The van der Waals surface area contributed by atoms with Gasteiger partial charge in [-0.15, -0.1) is 0 Å². The Balaban J connectivity index is 2.23. The van der Waals surface area contributed by atoms with Crippen LogP contribution in [-0.4, -0.2) is 49.7 Å². The van der Waals surface area contributed by atoms with Gasteiger partial charge in [0.1, 0.15) is 6.04 Å². The zero-order valence-electron chi connectivity index (χ0n) is 12.2. The zero-order valence-corrected chi connectivity index (χ0v) is 13.8. The first kappa shape index (κ1) is 16.4. The summed E-state index contributed by atoms with van der Waals surface area (Å²) in [4.78, 5) is 14.4. The maximum atomic E-state index is 12.2. The van der Waals surface area contributed by atoms with Gasteiger partial charge in [-0.25, -0.2) is 0 Å². The SMILES string of the molecule is CCNC(=O)C1COCCN1C(CN)c1cccc(Br)c1. The summed E-state index contributed by atoms with van der Waals surface area (Å²) in [6, 6.07) is 7.81. The second-order valence-corrected chi connectivity index (χ2v) is 5.95. The summed E-state index contributed by atoms with van der Waals surface area (Å²) in [5.74, 6) is 0.00523. The van der Waals surface area contributed by atoms with E-state index in [1.54, 1.807) is 0 Å². The minimum atomic E-state index is -0.286. The van der Waals surface area contributed by atoms with Crippen LogP contribution >= 0.6 is 15.9 Å². The largest absolute Gasteiger partial charge is 0.378 e. The van der Waals surface area contributed by atoms with Gasteiger partial charge < -0.3 is 15.8 Å². The normalized spacial score (nSPS) is 21.0. The van der Waals surface area contributed by atoms with Crippen molar-refractivity contribution in [2.24, 2.45) is 5.73 Å². The van der Waals surface area contributed by atoms with Crippen molar-refractivity contribution < 1.29 is 9.53 Å². The fourth-order valence-electron chi connectivity index (χ4n) is 2.68. The van der Waals surface area contributed by atoms with E-state index in [1.807, 2.05) is 25.1 Å². The molecule has 21 heavy (non-hydrogen) atoms. The van der Waals surface area contributed by atoms with Crippen LogP contribution < -0.4 is 11.1 Å². The van der Waals surface area contributed by atoms with Gasteiger partial charge in [-0.2, -0.15) is 0 Å². The molecule has 5 nitrogen and oxygen atoms in total. The summed E-state index contributed by atoms with van der Waals surface area (Å²) in [5.41, 5.74) is 7.11. The van der Waals surface area contributed by atoms with E-state index in [9.17, 15) is 4.79 Å². The highest BCUT2D eigenvalue weighted by Crippen LogP contribution is 2.26. The van der Waals surface area contributed by atoms with Gasteiger partial charge in [0.05, 0.1) is 13.2 Å². The molecule has 1 heterocycles. The Morgan fingerprint density at radius 1 is 1.62 bits per heavy atom. The molecule has 3 N–H and O–H groups in total. The molecule has 2 atom stereocenters. The number of hydrogen-bond donors (Lipinski definition) is 2. The van der Waals surface area contributed by atoms with Gasteiger partial charge in [0, 0.05) is 30.1 Å². The number of hydrogen-bond acceptors (Lipinski definition) is 4. The molecule has 116 valence electrons. The molecule has 0 bridgehead atoms. The predicted molar refractivity (Wildman–Crippen MR) is 85.9 cm³/mol. The number of amides is 1. The summed E-state index contributed by atoms with van der Waals surface area (Å²) in [7, 11) is 0. The molecule has 1 amide bonds. The number of halogens is 1. The summed E-state index contributed by atoms with van der Waals surface area (Å²) in [5, 5.41) is 2.88. The summed E-state index contributed by atoms with van der Waals surface area (Å²) in [6.45, 7) is 4.74. The second kappa shape index (κ2) is 7.89. The van der Waals surface area contributed by atoms with Crippen molar-refractivity contribution in [1.29, 1.82) is 0 Å². The number of rotatable bonds is 5. The van der Waals surface area contributed by atoms with E-state index in [-0.39, 0.29) is 18.0 Å². The van der Waals surface area contributed by atoms with Crippen LogP contribution in [0.5, 0.6) is 0 Å². The Bertz CT molecular complexity index is 484. The van der Waals surface area contributed by atoms with E-state index >= 15 is 0 Å². The maximum absolute atomic E-state index is 12.2. The van der Waals surface area contributed by atoms with E-state index in [0.717, 1.165) is 10.0 Å². The summed E-state index contributed by atoms with van der Waals surface area (Å²) in [6.07, 6.45) is 0. The number of nitrogens with two attached hydrogens (primary N) is 1. The monoisotopic (exact) mass is 355 g/mol. The van der Waals surface area contributed by atoms with Crippen molar-refractivity contribution in [2.45, 2.75) is 19.0 Å². The molecule has 1 aromatic rings. The maximum Gasteiger partial charge on any atom is 0.239 e. The van der Waals surface area contributed by atoms with Gasteiger partial charge in [-0.3, -0.25) is 9.69 Å². The number of benzene rings is 1. The molecule has 1 fully saturated rings. The van der Waals surface area contributed by atoms with Crippen LogP contribution in [0.2, 0.25) is 0 Å². The molecule has 0 radical (unpaired) electrons. The van der Waals surface area contributed by atoms with Crippen LogP contribution in [0, 0.1) is 0 Å². The number of nitrogens with one attached hydrogen (secondary N) is 1. The quantitative estimate of drug-likeness (QED) is 0.834. The Hall–Kier alpha value is -0.950. The van der Waals surface area contributed by atoms with Crippen molar-refractivity contribution >= 4 is 21.8 Å². The highest BCUT2D eigenvalue weighted by molar-refractivity contribution is 9.10. The van der Waals surface area contributed by atoms with Crippen molar-refractivity contribution in [2.75, 3.05) is 32.8 Å². The molecule has 0 spiro atoms. The fourth-order valence-corrected chi connectivity index (χ4v) is 3.10. The number of morpholine rings is 1. The topological polar surface area (TPSA) is 67.6 Å². The van der Waals surface area contributed by atoms with Crippen LogP contribution in [-0.2, 0) is 9.53 Å². The Kier molecular flexibility index (Phi) is 6.17. The molecular formula is C15H22BrN3O2. The number of ether oxygens (including phenoxy) is 1. The molecule has 2 rings (SSSR count). The van der Waals surface area contributed by atoms with Gasteiger partial charge in [0.25, 0.3) is 0 Å². The molecule has 1 aliphatic heterocycles. The first-order valence-corrected chi connectivity index (χ1v) is 8.03. The van der Waals surface area contributed by atoms with Crippen LogP contribution in [0.3, 0.4) is 0 Å². The van der Waals surface area contributed by atoms with Crippen molar-refractivity contribution in [1.82, 2.24) is 10.2 Å². The number of likely N-dealkylation sites (N-methyl/N-ethyl adjacent to an activating group) is 1. The van der Waals surface area contributed by atoms with Crippen LogP contribution in [0.4, 0.5) is 0 Å².